The summed E-state index contributed by atoms with van der Waals surface area (Å²) < 4.78 is 13.6. The Morgan fingerprint density at radius 3 is 2.67 bits per heavy atom. The average molecular weight is 342 g/mol. The number of aryl methyl sites for hydroxylation is 2. The van der Waals surface area contributed by atoms with E-state index < -0.39 is 0 Å². The molecule has 0 spiro atoms. The van der Waals surface area contributed by atoms with E-state index in [1.54, 1.807) is 18.2 Å². The molecule has 1 heterocycles. The van der Waals surface area contributed by atoms with Gasteiger partial charge in [0.1, 0.15) is 0 Å². The van der Waals surface area contributed by atoms with Crippen molar-refractivity contribution in [3.05, 3.63) is 52.3 Å². The first-order valence-corrected chi connectivity index (χ1v) is 8.23. The maximum Gasteiger partial charge on any atom is 0.283 e. The maximum absolute atomic E-state index is 12.6. The summed E-state index contributed by atoms with van der Waals surface area (Å²) in [6.07, 6.45) is 0. The molecule has 1 amide bonds. The molecule has 0 aliphatic carbocycles. The van der Waals surface area contributed by atoms with Crippen molar-refractivity contribution in [2.24, 2.45) is 12.0 Å². The van der Waals surface area contributed by atoms with Gasteiger partial charge in [-0.25, -0.2) is 0 Å². The number of thiazole rings is 1. The van der Waals surface area contributed by atoms with Crippen LogP contribution >= 0.6 is 11.3 Å². The van der Waals surface area contributed by atoms with Gasteiger partial charge in [0, 0.05) is 7.05 Å². The van der Waals surface area contributed by atoms with E-state index in [0.717, 1.165) is 10.2 Å². The lowest BCUT2D eigenvalue weighted by Gasteiger charge is -2.09. The number of para-hydroxylation sites is 1. The molecule has 124 valence electrons. The third-order valence-electron chi connectivity index (χ3n) is 3.80. The molecule has 0 aliphatic heterocycles. The summed E-state index contributed by atoms with van der Waals surface area (Å²) in [5, 5.41) is 0. The van der Waals surface area contributed by atoms with E-state index in [1.165, 1.54) is 31.1 Å². The number of fused-ring (bicyclic) bond motifs is 1. The summed E-state index contributed by atoms with van der Waals surface area (Å²) in [6, 6.07) is 11.4. The van der Waals surface area contributed by atoms with E-state index >= 15 is 0 Å². The molecule has 3 aromatic rings. The molecule has 0 radical (unpaired) electrons. The third-order valence-corrected chi connectivity index (χ3v) is 4.89. The van der Waals surface area contributed by atoms with Crippen LogP contribution in [0.4, 0.5) is 0 Å². The first-order chi connectivity index (χ1) is 11.5. The fraction of sp³-hybridized carbons (Fsp3) is 0.222. The van der Waals surface area contributed by atoms with E-state index in [-0.39, 0.29) is 5.91 Å². The zero-order valence-corrected chi connectivity index (χ0v) is 14.8. The largest absolute Gasteiger partial charge is 0.493 e. The fourth-order valence-electron chi connectivity index (χ4n) is 2.55. The Kier molecular flexibility index (Phi) is 4.40. The predicted octanol–water partition coefficient (Wildman–Crippen LogP) is 3.31. The van der Waals surface area contributed by atoms with Gasteiger partial charge in [0.2, 0.25) is 0 Å². The molecule has 0 aliphatic rings. The number of amides is 1. The number of hydrogen-bond donors (Lipinski definition) is 0. The Balaban J connectivity index is 2.12. The number of benzene rings is 2. The minimum absolute atomic E-state index is 0.357. The van der Waals surface area contributed by atoms with E-state index in [9.17, 15) is 4.79 Å². The van der Waals surface area contributed by atoms with Crippen LogP contribution in [0.15, 0.2) is 41.4 Å². The van der Waals surface area contributed by atoms with Crippen molar-refractivity contribution in [2.45, 2.75) is 6.92 Å². The van der Waals surface area contributed by atoms with Gasteiger partial charge in [-0.1, -0.05) is 23.5 Å². The second-order valence-corrected chi connectivity index (χ2v) is 6.38. The minimum Gasteiger partial charge on any atom is -0.493 e. The van der Waals surface area contributed by atoms with Crippen LogP contribution in [0.25, 0.3) is 10.2 Å². The molecule has 3 rings (SSSR count). The standard InChI is InChI=1S/C18H18N2O3S/c1-11-8-9-13-15(10-11)24-18(20(13)2)19-17(21)12-6-5-7-14(22-3)16(12)23-4/h5-10H,1-4H3. The zero-order valence-electron chi connectivity index (χ0n) is 14.0. The number of methoxy groups -OCH3 is 2. The van der Waals surface area contributed by atoms with Gasteiger partial charge in [-0.15, -0.1) is 0 Å². The topological polar surface area (TPSA) is 52.8 Å². The molecule has 0 bridgehead atoms. The smallest absolute Gasteiger partial charge is 0.283 e. The molecule has 1 aromatic heterocycles. The van der Waals surface area contributed by atoms with Crippen molar-refractivity contribution in [1.29, 1.82) is 0 Å². The van der Waals surface area contributed by atoms with Gasteiger partial charge in [0.25, 0.3) is 5.91 Å². The van der Waals surface area contributed by atoms with Gasteiger partial charge in [0.15, 0.2) is 16.3 Å². The Labute approximate surface area is 143 Å². The van der Waals surface area contributed by atoms with Crippen molar-refractivity contribution in [3.8, 4) is 11.5 Å². The second-order valence-electron chi connectivity index (χ2n) is 5.37. The quantitative estimate of drug-likeness (QED) is 0.734. The Hall–Kier alpha value is -2.60. The lowest BCUT2D eigenvalue weighted by molar-refractivity contribution is 0.0994. The highest BCUT2D eigenvalue weighted by molar-refractivity contribution is 7.16. The summed E-state index contributed by atoms with van der Waals surface area (Å²) in [4.78, 5) is 17.6. The molecular formula is C18H18N2O3S. The molecule has 0 unspecified atom stereocenters. The van der Waals surface area contributed by atoms with Crippen molar-refractivity contribution < 1.29 is 14.3 Å². The number of carbonyl (C=O) groups excluding carboxylic acids is 1. The normalized spacial score (nSPS) is 11.8. The molecular weight excluding hydrogens is 324 g/mol. The lowest BCUT2D eigenvalue weighted by Crippen LogP contribution is -2.13. The van der Waals surface area contributed by atoms with Gasteiger partial charge in [0.05, 0.1) is 30.0 Å². The van der Waals surface area contributed by atoms with Gasteiger partial charge in [-0.05, 0) is 36.8 Å². The van der Waals surface area contributed by atoms with Crippen LogP contribution in [-0.2, 0) is 7.05 Å². The van der Waals surface area contributed by atoms with E-state index in [1.807, 2.05) is 30.7 Å². The van der Waals surface area contributed by atoms with Crippen LogP contribution in [0.3, 0.4) is 0 Å². The maximum atomic E-state index is 12.6. The molecule has 5 nitrogen and oxygen atoms in total. The first-order valence-electron chi connectivity index (χ1n) is 7.41. The Bertz CT molecular complexity index is 986. The highest BCUT2D eigenvalue weighted by atomic mass is 32.1. The van der Waals surface area contributed by atoms with Crippen LogP contribution in [0.1, 0.15) is 15.9 Å². The molecule has 0 fully saturated rings. The summed E-state index contributed by atoms with van der Waals surface area (Å²) in [6.45, 7) is 2.04. The van der Waals surface area contributed by atoms with Gasteiger partial charge in [-0.3, -0.25) is 4.79 Å². The summed E-state index contributed by atoms with van der Waals surface area (Å²) >= 11 is 1.49. The molecule has 0 saturated heterocycles. The van der Waals surface area contributed by atoms with Crippen molar-refractivity contribution in [3.63, 3.8) is 0 Å². The van der Waals surface area contributed by atoms with Crippen LogP contribution in [-0.4, -0.2) is 24.7 Å². The van der Waals surface area contributed by atoms with Crippen molar-refractivity contribution in [2.75, 3.05) is 14.2 Å². The Morgan fingerprint density at radius 1 is 1.17 bits per heavy atom. The third kappa shape index (κ3) is 2.80. The zero-order chi connectivity index (χ0) is 17.3. The highest BCUT2D eigenvalue weighted by Crippen LogP contribution is 2.31. The van der Waals surface area contributed by atoms with E-state index in [2.05, 4.69) is 11.1 Å². The fourth-order valence-corrected chi connectivity index (χ4v) is 3.67. The Morgan fingerprint density at radius 2 is 1.96 bits per heavy atom. The molecule has 2 aromatic carbocycles. The van der Waals surface area contributed by atoms with Crippen molar-refractivity contribution >= 4 is 27.5 Å². The van der Waals surface area contributed by atoms with Gasteiger partial charge < -0.3 is 14.0 Å². The molecule has 0 N–H and O–H groups in total. The first kappa shape index (κ1) is 16.3. The number of ether oxygens (including phenoxy) is 2. The van der Waals surface area contributed by atoms with E-state index in [4.69, 9.17) is 9.47 Å². The lowest BCUT2D eigenvalue weighted by atomic mass is 10.2. The van der Waals surface area contributed by atoms with Crippen LogP contribution in [0.2, 0.25) is 0 Å². The summed E-state index contributed by atoms with van der Waals surface area (Å²) in [5.74, 6) is 0.549. The SMILES string of the molecule is COc1cccc(C(=O)N=c2sc3cc(C)ccc3n2C)c1OC. The van der Waals surface area contributed by atoms with Gasteiger partial charge >= 0.3 is 0 Å². The molecule has 0 saturated carbocycles. The number of rotatable bonds is 3. The predicted molar refractivity (Wildman–Crippen MR) is 95.0 cm³/mol. The molecule has 0 atom stereocenters. The van der Waals surface area contributed by atoms with Gasteiger partial charge in [-0.2, -0.15) is 4.99 Å². The average Bonchev–Trinajstić information content (AvgIpc) is 2.88. The molecule has 24 heavy (non-hydrogen) atoms. The summed E-state index contributed by atoms with van der Waals surface area (Å²) in [5.41, 5.74) is 2.61. The van der Waals surface area contributed by atoms with E-state index in [0.29, 0.717) is 21.9 Å². The van der Waals surface area contributed by atoms with Crippen LogP contribution in [0.5, 0.6) is 11.5 Å². The summed E-state index contributed by atoms with van der Waals surface area (Å²) in [7, 11) is 4.96. The number of aromatic nitrogens is 1. The monoisotopic (exact) mass is 342 g/mol. The second kappa shape index (κ2) is 6.49. The van der Waals surface area contributed by atoms with Crippen molar-refractivity contribution in [1.82, 2.24) is 4.57 Å². The number of carbonyl (C=O) groups is 1. The molecule has 6 heteroatoms. The van der Waals surface area contributed by atoms with Crippen LogP contribution < -0.4 is 14.3 Å². The van der Waals surface area contributed by atoms with Crippen LogP contribution in [0, 0.1) is 6.92 Å². The number of nitrogens with zero attached hydrogens (tertiary/aromatic N) is 2. The highest BCUT2D eigenvalue weighted by Gasteiger charge is 2.16. The minimum atomic E-state index is -0.357. The number of hydrogen-bond acceptors (Lipinski definition) is 4.